The van der Waals surface area contributed by atoms with E-state index in [-0.39, 0.29) is 10.7 Å². The molecule has 0 radical (unpaired) electrons. The van der Waals surface area contributed by atoms with Gasteiger partial charge in [-0.05, 0) is 24.5 Å². The lowest BCUT2D eigenvalue weighted by atomic mass is 10.1. The van der Waals surface area contributed by atoms with Crippen molar-refractivity contribution in [3.05, 3.63) is 33.8 Å². The first-order valence-electron chi connectivity index (χ1n) is 5.78. The fourth-order valence-corrected chi connectivity index (χ4v) is 3.08. The van der Waals surface area contributed by atoms with Crippen molar-refractivity contribution in [1.29, 1.82) is 0 Å². The Labute approximate surface area is 126 Å². The second kappa shape index (κ2) is 7.37. The molecule has 5 heteroatoms. The number of rotatable bonds is 5. The van der Waals surface area contributed by atoms with Crippen LogP contribution < -0.4 is 5.32 Å². The Morgan fingerprint density at radius 3 is 2.39 bits per heavy atom. The van der Waals surface area contributed by atoms with E-state index in [1.54, 1.807) is 18.2 Å². The average Bonchev–Trinajstić information content (AvgIpc) is 2.25. The van der Waals surface area contributed by atoms with Crippen molar-refractivity contribution in [3.63, 3.8) is 0 Å². The van der Waals surface area contributed by atoms with Gasteiger partial charge in [-0.2, -0.15) is 0 Å². The standard InChI is InChI=1S/C13H16BrCl2NO/c1-8(2)6-9(14)7-17-13(18)12-10(15)4-3-5-11(12)16/h3-5,8-9H,6-7H2,1-2H3,(H,17,18). The Kier molecular flexibility index (Phi) is 6.47. The normalized spacial score (nSPS) is 12.6. The first-order chi connectivity index (χ1) is 8.41. The van der Waals surface area contributed by atoms with Gasteiger partial charge in [0.2, 0.25) is 0 Å². The Hall–Kier alpha value is -0.250. The summed E-state index contributed by atoms with van der Waals surface area (Å²) in [5.41, 5.74) is 0.338. The molecule has 0 bridgehead atoms. The highest BCUT2D eigenvalue weighted by Gasteiger charge is 2.15. The molecule has 0 saturated carbocycles. The van der Waals surface area contributed by atoms with Gasteiger partial charge in [0.05, 0.1) is 15.6 Å². The molecule has 0 heterocycles. The quantitative estimate of drug-likeness (QED) is 0.775. The summed E-state index contributed by atoms with van der Waals surface area (Å²) in [4.78, 5) is 12.2. The van der Waals surface area contributed by atoms with Gasteiger partial charge in [-0.25, -0.2) is 0 Å². The Bertz CT molecular complexity index is 403. The Morgan fingerprint density at radius 1 is 1.33 bits per heavy atom. The zero-order valence-corrected chi connectivity index (χ0v) is 13.4. The average molecular weight is 353 g/mol. The van der Waals surface area contributed by atoms with Crippen LogP contribution in [0.2, 0.25) is 10.0 Å². The second-order valence-corrected chi connectivity index (χ2v) is 6.64. The summed E-state index contributed by atoms with van der Waals surface area (Å²) in [7, 11) is 0. The van der Waals surface area contributed by atoms with Crippen molar-refractivity contribution in [3.8, 4) is 0 Å². The number of benzene rings is 1. The van der Waals surface area contributed by atoms with Crippen LogP contribution in [0.4, 0.5) is 0 Å². The van der Waals surface area contributed by atoms with Crippen LogP contribution in [0.1, 0.15) is 30.6 Å². The predicted octanol–water partition coefficient (Wildman–Crippen LogP) is 4.53. The van der Waals surface area contributed by atoms with Crippen LogP contribution in [-0.2, 0) is 0 Å². The van der Waals surface area contributed by atoms with E-state index in [0.29, 0.717) is 28.1 Å². The molecule has 1 rings (SSSR count). The molecule has 1 amide bonds. The van der Waals surface area contributed by atoms with E-state index >= 15 is 0 Å². The van der Waals surface area contributed by atoms with Crippen molar-refractivity contribution >= 4 is 45.0 Å². The van der Waals surface area contributed by atoms with Crippen LogP contribution in [-0.4, -0.2) is 17.3 Å². The van der Waals surface area contributed by atoms with Crippen LogP contribution in [0.5, 0.6) is 0 Å². The van der Waals surface area contributed by atoms with Crippen molar-refractivity contribution in [2.45, 2.75) is 25.1 Å². The molecule has 0 aromatic heterocycles. The highest BCUT2D eigenvalue weighted by molar-refractivity contribution is 9.09. The molecular formula is C13H16BrCl2NO. The smallest absolute Gasteiger partial charge is 0.254 e. The van der Waals surface area contributed by atoms with Crippen LogP contribution >= 0.6 is 39.1 Å². The minimum atomic E-state index is -0.237. The molecule has 100 valence electrons. The van der Waals surface area contributed by atoms with Gasteiger partial charge in [-0.15, -0.1) is 0 Å². The van der Waals surface area contributed by atoms with Gasteiger partial charge in [0, 0.05) is 11.4 Å². The summed E-state index contributed by atoms with van der Waals surface area (Å²) in [6, 6.07) is 5.03. The molecule has 1 unspecified atom stereocenters. The molecular weight excluding hydrogens is 337 g/mol. The van der Waals surface area contributed by atoms with Gasteiger partial charge in [-0.3, -0.25) is 4.79 Å². The monoisotopic (exact) mass is 351 g/mol. The summed E-state index contributed by atoms with van der Waals surface area (Å²) >= 11 is 15.5. The minimum absolute atomic E-state index is 0.237. The van der Waals surface area contributed by atoms with Crippen LogP contribution in [0.25, 0.3) is 0 Å². The molecule has 18 heavy (non-hydrogen) atoms. The molecule has 2 nitrogen and oxygen atoms in total. The molecule has 1 aromatic rings. The van der Waals surface area contributed by atoms with E-state index in [0.717, 1.165) is 6.42 Å². The lowest BCUT2D eigenvalue weighted by Crippen LogP contribution is -2.30. The number of alkyl halides is 1. The summed E-state index contributed by atoms with van der Waals surface area (Å²) in [6.45, 7) is 4.83. The molecule has 0 aliphatic carbocycles. The largest absolute Gasteiger partial charge is 0.351 e. The highest BCUT2D eigenvalue weighted by Crippen LogP contribution is 2.24. The molecule has 0 aliphatic rings. The number of carbonyl (C=O) groups is 1. The summed E-state index contributed by atoms with van der Waals surface area (Å²) in [6.07, 6.45) is 0.997. The topological polar surface area (TPSA) is 29.1 Å². The van der Waals surface area contributed by atoms with E-state index in [4.69, 9.17) is 23.2 Å². The Morgan fingerprint density at radius 2 is 1.89 bits per heavy atom. The fraction of sp³-hybridized carbons (Fsp3) is 0.462. The number of hydrogen-bond donors (Lipinski definition) is 1. The van der Waals surface area contributed by atoms with Crippen molar-refractivity contribution in [1.82, 2.24) is 5.32 Å². The number of carbonyl (C=O) groups excluding carboxylic acids is 1. The lowest BCUT2D eigenvalue weighted by molar-refractivity contribution is 0.0953. The zero-order chi connectivity index (χ0) is 13.7. The van der Waals surface area contributed by atoms with Crippen molar-refractivity contribution < 1.29 is 4.79 Å². The maximum absolute atomic E-state index is 12.0. The molecule has 1 N–H and O–H groups in total. The first kappa shape index (κ1) is 15.8. The van der Waals surface area contributed by atoms with Gasteiger partial charge < -0.3 is 5.32 Å². The molecule has 1 aromatic carbocycles. The summed E-state index contributed by atoms with van der Waals surface area (Å²) in [5.74, 6) is 0.342. The minimum Gasteiger partial charge on any atom is -0.351 e. The molecule has 0 spiro atoms. The van der Waals surface area contributed by atoms with E-state index < -0.39 is 0 Å². The number of halogens is 3. The number of amides is 1. The molecule has 0 saturated heterocycles. The predicted molar refractivity (Wildman–Crippen MR) is 81.0 cm³/mol. The summed E-state index contributed by atoms with van der Waals surface area (Å²) in [5, 5.41) is 3.57. The highest BCUT2D eigenvalue weighted by atomic mass is 79.9. The molecule has 0 fully saturated rings. The zero-order valence-electron chi connectivity index (χ0n) is 10.3. The van der Waals surface area contributed by atoms with Crippen LogP contribution in [0.15, 0.2) is 18.2 Å². The van der Waals surface area contributed by atoms with Gasteiger partial charge in [0.25, 0.3) is 5.91 Å². The van der Waals surface area contributed by atoms with Crippen LogP contribution in [0, 0.1) is 5.92 Å². The van der Waals surface area contributed by atoms with E-state index in [1.807, 2.05) is 0 Å². The lowest BCUT2D eigenvalue weighted by Gasteiger charge is -2.14. The van der Waals surface area contributed by atoms with Crippen LogP contribution in [0.3, 0.4) is 0 Å². The van der Waals surface area contributed by atoms with E-state index in [2.05, 4.69) is 35.1 Å². The fourth-order valence-electron chi connectivity index (χ4n) is 1.60. The molecule has 1 atom stereocenters. The molecule has 0 aliphatic heterocycles. The number of nitrogens with one attached hydrogen (secondary N) is 1. The van der Waals surface area contributed by atoms with Crippen molar-refractivity contribution in [2.75, 3.05) is 6.54 Å². The van der Waals surface area contributed by atoms with E-state index in [9.17, 15) is 4.79 Å². The number of hydrogen-bond acceptors (Lipinski definition) is 1. The van der Waals surface area contributed by atoms with E-state index in [1.165, 1.54) is 0 Å². The van der Waals surface area contributed by atoms with Gasteiger partial charge >= 0.3 is 0 Å². The van der Waals surface area contributed by atoms with Gasteiger partial charge in [-0.1, -0.05) is 59.0 Å². The third-order valence-electron chi connectivity index (χ3n) is 2.40. The Balaban J connectivity index is 2.61. The van der Waals surface area contributed by atoms with Gasteiger partial charge in [0.1, 0.15) is 0 Å². The third-order valence-corrected chi connectivity index (χ3v) is 3.73. The van der Waals surface area contributed by atoms with Crippen molar-refractivity contribution in [2.24, 2.45) is 5.92 Å². The van der Waals surface area contributed by atoms with Gasteiger partial charge in [0.15, 0.2) is 0 Å². The summed E-state index contributed by atoms with van der Waals surface area (Å²) < 4.78 is 0. The second-order valence-electron chi connectivity index (χ2n) is 4.53. The SMILES string of the molecule is CC(C)CC(Br)CNC(=O)c1c(Cl)cccc1Cl. The first-order valence-corrected chi connectivity index (χ1v) is 7.45. The maximum atomic E-state index is 12.0. The third kappa shape index (κ3) is 4.79. The maximum Gasteiger partial charge on any atom is 0.254 e.